The van der Waals surface area contributed by atoms with Gasteiger partial charge in [0.1, 0.15) is 0 Å². The van der Waals surface area contributed by atoms with E-state index in [9.17, 15) is 14.9 Å². The number of methoxy groups -OCH3 is 1. The van der Waals surface area contributed by atoms with Crippen molar-refractivity contribution in [3.05, 3.63) is 21.1 Å². The molecule has 2 heterocycles. The zero-order valence-corrected chi connectivity index (χ0v) is 12.7. The Hall–Kier alpha value is -1.47. The maximum absolute atomic E-state index is 11.4. The summed E-state index contributed by atoms with van der Waals surface area (Å²) in [4.78, 5) is 24.6. The molecule has 0 saturated carbocycles. The zero-order valence-electron chi connectivity index (χ0n) is 11.8. The van der Waals surface area contributed by atoms with E-state index in [0.717, 1.165) is 19.4 Å². The summed E-state index contributed by atoms with van der Waals surface area (Å²) in [6, 6.07) is 1.38. The Bertz CT molecular complexity index is 542. The van der Waals surface area contributed by atoms with Crippen molar-refractivity contribution >= 4 is 27.8 Å². The van der Waals surface area contributed by atoms with Gasteiger partial charge in [-0.05, 0) is 26.7 Å². The van der Waals surface area contributed by atoms with Gasteiger partial charge in [0, 0.05) is 26.3 Å². The van der Waals surface area contributed by atoms with Crippen LogP contribution in [0.5, 0.6) is 0 Å². The standard InChI is InChI=1S/C13H18N2O4S/c1-9(16)11-7-10(15(17)18)12(20-11)14-6-4-5-13(2,8-14)19-3/h7H,4-6,8H2,1-3H3. The third-order valence-corrected chi connectivity index (χ3v) is 4.96. The Balaban J connectivity index is 2.36. The summed E-state index contributed by atoms with van der Waals surface area (Å²) >= 11 is 1.19. The molecule has 0 aromatic carbocycles. The molecule has 1 aromatic heterocycles. The Kier molecular flexibility index (Phi) is 4.10. The van der Waals surface area contributed by atoms with Crippen molar-refractivity contribution in [2.45, 2.75) is 32.3 Å². The average Bonchev–Trinajstić information content (AvgIpc) is 2.84. The van der Waals surface area contributed by atoms with Crippen molar-refractivity contribution in [1.29, 1.82) is 0 Å². The predicted octanol–water partition coefficient (Wildman–Crippen LogP) is 2.86. The van der Waals surface area contributed by atoms with Crippen LogP contribution < -0.4 is 4.90 Å². The average molecular weight is 298 g/mol. The molecule has 2 rings (SSSR count). The summed E-state index contributed by atoms with van der Waals surface area (Å²) in [6.07, 6.45) is 1.84. The van der Waals surface area contributed by atoms with Gasteiger partial charge in [0.25, 0.3) is 0 Å². The number of hydrogen-bond acceptors (Lipinski definition) is 6. The highest BCUT2D eigenvalue weighted by atomic mass is 32.1. The molecule has 1 saturated heterocycles. The Labute approximate surface area is 121 Å². The second kappa shape index (κ2) is 5.49. The molecule has 7 heteroatoms. The van der Waals surface area contributed by atoms with Crippen molar-refractivity contribution in [1.82, 2.24) is 0 Å². The van der Waals surface area contributed by atoms with Crippen LogP contribution in [0.15, 0.2) is 6.07 Å². The number of Topliss-reactive ketones (excluding diaryl/α,β-unsaturated/α-hetero) is 1. The summed E-state index contributed by atoms with van der Waals surface area (Å²) in [5, 5.41) is 11.7. The van der Waals surface area contributed by atoms with Crippen molar-refractivity contribution in [2.75, 3.05) is 25.1 Å². The van der Waals surface area contributed by atoms with E-state index in [2.05, 4.69) is 0 Å². The largest absolute Gasteiger partial charge is 0.377 e. The van der Waals surface area contributed by atoms with Gasteiger partial charge in [-0.2, -0.15) is 0 Å². The second-order valence-electron chi connectivity index (χ2n) is 5.29. The number of thiophene rings is 1. The number of nitro groups is 1. The van der Waals surface area contributed by atoms with Crippen LogP contribution in [0.1, 0.15) is 36.4 Å². The summed E-state index contributed by atoms with van der Waals surface area (Å²) < 4.78 is 5.51. The number of ether oxygens (including phenoxy) is 1. The Morgan fingerprint density at radius 1 is 1.60 bits per heavy atom. The minimum atomic E-state index is -0.420. The SMILES string of the molecule is COC1(C)CCCN(c2sc(C(C)=O)cc2[N+](=O)[O-])C1. The first kappa shape index (κ1) is 14.9. The molecular weight excluding hydrogens is 280 g/mol. The first-order valence-corrected chi connectivity index (χ1v) is 7.27. The number of piperidine rings is 1. The molecule has 0 spiro atoms. The molecule has 1 aliphatic rings. The van der Waals surface area contributed by atoms with E-state index < -0.39 is 4.92 Å². The van der Waals surface area contributed by atoms with Gasteiger partial charge in [-0.25, -0.2) is 0 Å². The molecule has 0 amide bonds. The van der Waals surface area contributed by atoms with Gasteiger partial charge in [0.2, 0.25) is 0 Å². The normalized spacial score (nSPS) is 22.9. The van der Waals surface area contributed by atoms with Gasteiger partial charge in [-0.1, -0.05) is 0 Å². The van der Waals surface area contributed by atoms with Gasteiger partial charge in [0.15, 0.2) is 10.8 Å². The number of anilines is 1. The van der Waals surface area contributed by atoms with E-state index in [1.807, 2.05) is 11.8 Å². The fourth-order valence-electron chi connectivity index (χ4n) is 2.45. The van der Waals surface area contributed by atoms with E-state index in [0.29, 0.717) is 16.4 Å². The molecule has 0 aliphatic carbocycles. The van der Waals surface area contributed by atoms with Crippen LogP contribution in [0.25, 0.3) is 0 Å². The molecule has 0 N–H and O–H groups in total. The highest BCUT2D eigenvalue weighted by molar-refractivity contribution is 7.18. The number of ketones is 1. The monoisotopic (exact) mass is 298 g/mol. The van der Waals surface area contributed by atoms with Crippen LogP contribution in [-0.4, -0.2) is 36.5 Å². The lowest BCUT2D eigenvalue weighted by molar-refractivity contribution is -0.383. The molecule has 0 radical (unpaired) electrons. The highest BCUT2D eigenvalue weighted by Gasteiger charge is 2.35. The number of rotatable bonds is 4. The lowest BCUT2D eigenvalue weighted by Gasteiger charge is -2.39. The quantitative estimate of drug-likeness (QED) is 0.485. The van der Waals surface area contributed by atoms with Crippen molar-refractivity contribution < 1.29 is 14.5 Å². The van der Waals surface area contributed by atoms with E-state index in [-0.39, 0.29) is 17.1 Å². The smallest absolute Gasteiger partial charge is 0.304 e. The lowest BCUT2D eigenvalue weighted by Crippen LogP contribution is -2.47. The van der Waals surface area contributed by atoms with Crippen LogP contribution in [0, 0.1) is 10.1 Å². The second-order valence-corrected chi connectivity index (χ2v) is 6.32. The molecular formula is C13H18N2O4S. The first-order valence-electron chi connectivity index (χ1n) is 6.45. The fourth-order valence-corrected chi connectivity index (χ4v) is 3.49. The molecule has 110 valence electrons. The number of carbonyl (C=O) groups is 1. The lowest BCUT2D eigenvalue weighted by atomic mass is 9.95. The molecule has 1 atom stereocenters. The van der Waals surface area contributed by atoms with Crippen LogP contribution in [-0.2, 0) is 4.74 Å². The Morgan fingerprint density at radius 2 is 2.30 bits per heavy atom. The minimum absolute atomic E-state index is 0.0144. The summed E-state index contributed by atoms with van der Waals surface area (Å²) in [6.45, 7) is 4.78. The fraction of sp³-hybridized carbons (Fsp3) is 0.615. The van der Waals surface area contributed by atoms with Gasteiger partial charge in [-0.15, -0.1) is 11.3 Å². The molecule has 1 fully saturated rings. The number of nitrogens with zero attached hydrogens (tertiary/aromatic N) is 2. The molecule has 1 aliphatic heterocycles. The molecule has 0 bridgehead atoms. The first-order chi connectivity index (χ1) is 9.36. The van der Waals surface area contributed by atoms with Crippen LogP contribution >= 0.6 is 11.3 Å². The molecule has 1 unspecified atom stereocenters. The minimum Gasteiger partial charge on any atom is -0.377 e. The Morgan fingerprint density at radius 3 is 2.85 bits per heavy atom. The third kappa shape index (κ3) is 2.83. The van der Waals surface area contributed by atoms with Crippen molar-refractivity contribution in [2.24, 2.45) is 0 Å². The number of carbonyl (C=O) groups excluding carboxylic acids is 1. The van der Waals surface area contributed by atoms with E-state index in [4.69, 9.17) is 4.74 Å². The maximum atomic E-state index is 11.4. The predicted molar refractivity (Wildman–Crippen MR) is 77.8 cm³/mol. The third-order valence-electron chi connectivity index (χ3n) is 3.68. The van der Waals surface area contributed by atoms with Crippen molar-refractivity contribution in [3.63, 3.8) is 0 Å². The van der Waals surface area contributed by atoms with Crippen molar-refractivity contribution in [3.8, 4) is 0 Å². The summed E-state index contributed by atoms with van der Waals surface area (Å²) in [5.74, 6) is -0.143. The summed E-state index contributed by atoms with van der Waals surface area (Å²) in [5.41, 5.74) is -0.285. The van der Waals surface area contributed by atoms with Gasteiger partial charge in [0.05, 0.1) is 15.4 Å². The summed E-state index contributed by atoms with van der Waals surface area (Å²) in [7, 11) is 1.66. The highest BCUT2D eigenvalue weighted by Crippen LogP contribution is 2.40. The number of hydrogen-bond donors (Lipinski definition) is 0. The topological polar surface area (TPSA) is 72.7 Å². The van der Waals surface area contributed by atoms with E-state index in [1.165, 1.54) is 24.3 Å². The zero-order chi connectivity index (χ0) is 14.9. The van der Waals surface area contributed by atoms with Gasteiger partial charge in [-0.3, -0.25) is 14.9 Å². The van der Waals surface area contributed by atoms with Crippen LogP contribution in [0.4, 0.5) is 10.7 Å². The van der Waals surface area contributed by atoms with Gasteiger partial charge < -0.3 is 9.64 Å². The molecule has 20 heavy (non-hydrogen) atoms. The maximum Gasteiger partial charge on any atom is 0.304 e. The van der Waals surface area contributed by atoms with Crippen LogP contribution in [0.2, 0.25) is 0 Å². The van der Waals surface area contributed by atoms with E-state index in [1.54, 1.807) is 7.11 Å². The van der Waals surface area contributed by atoms with Crippen LogP contribution in [0.3, 0.4) is 0 Å². The molecule has 6 nitrogen and oxygen atoms in total. The van der Waals surface area contributed by atoms with E-state index >= 15 is 0 Å². The van der Waals surface area contributed by atoms with Gasteiger partial charge >= 0.3 is 5.69 Å². The molecule has 1 aromatic rings.